The number of fused-ring (bicyclic) bond motifs is 3. The van der Waals surface area contributed by atoms with Crippen molar-refractivity contribution in [1.82, 2.24) is 10.6 Å². The van der Waals surface area contributed by atoms with Crippen molar-refractivity contribution in [1.29, 1.82) is 0 Å². The van der Waals surface area contributed by atoms with Gasteiger partial charge in [-0.05, 0) is 47.1 Å². The molecule has 2 aliphatic rings. The van der Waals surface area contributed by atoms with Gasteiger partial charge in [-0.25, -0.2) is 9.59 Å². The first-order chi connectivity index (χ1) is 19.9. The van der Waals surface area contributed by atoms with E-state index in [4.69, 9.17) is 9.47 Å². The van der Waals surface area contributed by atoms with E-state index in [0.29, 0.717) is 12.3 Å². The molecule has 0 aliphatic heterocycles. The maximum Gasteiger partial charge on any atom is 0.407 e. The predicted octanol–water partition coefficient (Wildman–Crippen LogP) is 5.12. The third-order valence-corrected chi connectivity index (χ3v) is 7.91. The molecule has 0 spiro atoms. The zero-order valence-electron chi connectivity index (χ0n) is 23.1. The van der Waals surface area contributed by atoms with Crippen molar-refractivity contribution in [3.8, 4) is 11.1 Å². The fourth-order valence-electron chi connectivity index (χ4n) is 5.44. The summed E-state index contributed by atoms with van der Waals surface area (Å²) in [6.45, 7) is 2.10. The van der Waals surface area contributed by atoms with Crippen molar-refractivity contribution in [2.45, 2.75) is 50.9 Å². The summed E-state index contributed by atoms with van der Waals surface area (Å²) < 4.78 is 11.4. The van der Waals surface area contributed by atoms with E-state index in [1.54, 1.807) is 6.92 Å². The van der Waals surface area contributed by atoms with E-state index < -0.39 is 36.0 Å². The van der Waals surface area contributed by atoms with Crippen LogP contribution in [0, 0.1) is 11.8 Å². The quantitative estimate of drug-likeness (QED) is 0.269. The van der Waals surface area contributed by atoms with Gasteiger partial charge in [0.2, 0.25) is 5.91 Å². The summed E-state index contributed by atoms with van der Waals surface area (Å²) >= 11 is 0. The number of hydrogen-bond donors (Lipinski definition) is 3. The Kier molecular flexibility index (Phi) is 8.99. The number of alkyl carbamates (subject to hydrolysis) is 1. The van der Waals surface area contributed by atoms with Crippen LogP contribution in [-0.2, 0) is 25.7 Å². The molecule has 3 atom stereocenters. The summed E-state index contributed by atoms with van der Waals surface area (Å²) in [5.41, 5.74) is 5.45. The lowest BCUT2D eigenvalue weighted by Gasteiger charge is -2.25. The third-order valence-electron chi connectivity index (χ3n) is 7.91. The summed E-state index contributed by atoms with van der Waals surface area (Å²) in [6, 6.07) is 24.5. The standard InChI is InChI=1S/C33H36N2O6/c1-21(40-19-23-9-3-2-4-10-23)30(32(37)38)35-31(36)24(17-22-15-16-22)18-34-33(39)41-20-29-27-13-7-5-11-25(27)26-12-6-8-14-28(26)29/h2-14,21-22,24,29-30H,15-20H2,1H3,(H,34,39)(H,35,36)(H,37,38)/t21-,24?,30+/m1/s1. The van der Waals surface area contributed by atoms with Crippen LogP contribution in [-0.4, -0.2) is 48.4 Å². The van der Waals surface area contributed by atoms with Gasteiger partial charge < -0.3 is 25.2 Å². The second-order valence-corrected chi connectivity index (χ2v) is 10.9. The van der Waals surface area contributed by atoms with Crippen LogP contribution in [0.15, 0.2) is 78.9 Å². The largest absolute Gasteiger partial charge is 0.480 e. The van der Waals surface area contributed by atoms with Gasteiger partial charge in [-0.15, -0.1) is 0 Å². The highest BCUT2D eigenvalue weighted by Crippen LogP contribution is 2.44. The Hall–Kier alpha value is -4.17. The molecule has 214 valence electrons. The second-order valence-electron chi connectivity index (χ2n) is 10.9. The number of carboxylic acid groups (broad SMARTS) is 1. The van der Waals surface area contributed by atoms with E-state index >= 15 is 0 Å². The predicted molar refractivity (Wildman–Crippen MR) is 154 cm³/mol. The molecule has 1 fully saturated rings. The van der Waals surface area contributed by atoms with E-state index in [1.165, 1.54) is 0 Å². The van der Waals surface area contributed by atoms with Crippen molar-refractivity contribution in [3.63, 3.8) is 0 Å². The Morgan fingerprint density at radius 3 is 2.12 bits per heavy atom. The topological polar surface area (TPSA) is 114 Å². The Labute approximate surface area is 240 Å². The average Bonchev–Trinajstić information content (AvgIpc) is 3.76. The minimum absolute atomic E-state index is 0.0601. The summed E-state index contributed by atoms with van der Waals surface area (Å²) in [5, 5.41) is 15.2. The van der Waals surface area contributed by atoms with Gasteiger partial charge in [-0.2, -0.15) is 0 Å². The van der Waals surface area contributed by atoms with Gasteiger partial charge in [-0.1, -0.05) is 91.7 Å². The Bertz CT molecular complexity index is 1330. The molecule has 8 nitrogen and oxygen atoms in total. The molecule has 8 heteroatoms. The van der Waals surface area contributed by atoms with Crippen LogP contribution in [0.25, 0.3) is 11.1 Å². The lowest BCUT2D eigenvalue weighted by molar-refractivity contribution is -0.147. The highest BCUT2D eigenvalue weighted by atomic mass is 16.5. The molecule has 3 aromatic rings. The molecule has 5 rings (SSSR count). The van der Waals surface area contributed by atoms with Crippen molar-refractivity contribution in [2.75, 3.05) is 13.2 Å². The number of carbonyl (C=O) groups excluding carboxylic acids is 2. The van der Waals surface area contributed by atoms with E-state index in [1.807, 2.05) is 54.6 Å². The summed E-state index contributed by atoms with van der Waals surface area (Å²) in [5.74, 6) is -1.84. The number of aliphatic carboxylic acids is 1. The van der Waals surface area contributed by atoms with Crippen LogP contribution < -0.4 is 10.6 Å². The van der Waals surface area contributed by atoms with Crippen LogP contribution in [0.4, 0.5) is 4.79 Å². The smallest absolute Gasteiger partial charge is 0.407 e. The van der Waals surface area contributed by atoms with Gasteiger partial charge >= 0.3 is 12.1 Å². The number of carboxylic acids is 1. The minimum atomic E-state index is -1.22. The molecule has 0 saturated heterocycles. The molecule has 0 bridgehead atoms. The van der Waals surface area contributed by atoms with E-state index in [2.05, 4.69) is 34.9 Å². The first-order valence-corrected chi connectivity index (χ1v) is 14.2. The second kappa shape index (κ2) is 13.0. The fraction of sp³-hybridized carbons (Fsp3) is 0.364. The van der Waals surface area contributed by atoms with Crippen LogP contribution in [0.3, 0.4) is 0 Å². The lowest BCUT2D eigenvalue weighted by atomic mass is 9.98. The van der Waals surface area contributed by atoms with Gasteiger partial charge in [0.15, 0.2) is 6.04 Å². The molecule has 0 aromatic heterocycles. The number of rotatable bonds is 13. The minimum Gasteiger partial charge on any atom is -0.480 e. The first-order valence-electron chi connectivity index (χ1n) is 14.2. The Balaban J connectivity index is 1.16. The van der Waals surface area contributed by atoms with E-state index in [9.17, 15) is 19.5 Å². The average molecular weight is 557 g/mol. The van der Waals surface area contributed by atoms with Crippen LogP contribution in [0.2, 0.25) is 0 Å². The van der Waals surface area contributed by atoms with Crippen molar-refractivity contribution < 1.29 is 29.0 Å². The first kappa shape index (κ1) is 28.4. The third kappa shape index (κ3) is 7.13. The van der Waals surface area contributed by atoms with Crippen LogP contribution in [0.5, 0.6) is 0 Å². The van der Waals surface area contributed by atoms with E-state index in [0.717, 1.165) is 40.7 Å². The maximum atomic E-state index is 13.2. The summed E-state index contributed by atoms with van der Waals surface area (Å²) in [7, 11) is 0. The highest BCUT2D eigenvalue weighted by Gasteiger charge is 2.34. The van der Waals surface area contributed by atoms with Gasteiger partial charge in [0.05, 0.1) is 18.6 Å². The van der Waals surface area contributed by atoms with Gasteiger partial charge in [0.25, 0.3) is 0 Å². The molecule has 1 unspecified atom stereocenters. The molecule has 41 heavy (non-hydrogen) atoms. The van der Waals surface area contributed by atoms with Crippen molar-refractivity contribution in [3.05, 3.63) is 95.6 Å². The number of carbonyl (C=O) groups is 3. The molecule has 0 radical (unpaired) electrons. The number of amides is 2. The van der Waals surface area contributed by atoms with Gasteiger partial charge in [0.1, 0.15) is 6.61 Å². The lowest BCUT2D eigenvalue weighted by Crippen LogP contribution is -2.51. The normalized spacial score (nSPS) is 16.1. The molecular formula is C33H36N2O6. The number of benzene rings is 3. The molecule has 2 amide bonds. The molecule has 2 aliphatic carbocycles. The van der Waals surface area contributed by atoms with Crippen LogP contribution >= 0.6 is 0 Å². The molecule has 0 heterocycles. The van der Waals surface area contributed by atoms with Crippen LogP contribution in [0.1, 0.15) is 48.8 Å². The van der Waals surface area contributed by atoms with Crippen molar-refractivity contribution >= 4 is 18.0 Å². The number of ether oxygens (including phenoxy) is 2. The van der Waals surface area contributed by atoms with Gasteiger partial charge in [0, 0.05) is 12.5 Å². The zero-order chi connectivity index (χ0) is 28.8. The molecule has 3 aromatic carbocycles. The zero-order valence-corrected chi connectivity index (χ0v) is 23.1. The Morgan fingerprint density at radius 1 is 0.902 bits per heavy atom. The maximum absolute atomic E-state index is 13.2. The highest BCUT2D eigenvalue weighted by molar-refractivity contribution is 5.86. The SMILES string of the molecule is C[C@@H](OCc1ccccc1)[C@H](NC(=O)C(CNC(=O)OCC1c2ccccc2-c2ccccc21)CC1CC1)C(=O)O. The monoisotopic (exact) mass is 556 g/mol. The van der Waals surface area contributed by atoms with Gasteiger partial charge in [-0.3, -0.25) is 4.79 Å². The fourth-order valence-corrected chi connectivity index (χ4v) is 5.44. The summed E-state index contributed by atoms with van der Waals surface area (Å²) in [6.07, 6.45) is 1.26. The Morgan fingerprint density at radius 2 is 1.51 bits per heavy atom. The molecule has 3 N–H and O–H groups in total. The number of nitrogens with one attached hydrogen (secondary N) is 2. The molecule has 1 saturated carbocycles. The van der Waals surface area contributed by atoms with Crippen molar-refractivity contribution in [2.24, 2.45) is 11.8 Å². The number of hydrogen-bond acceptors (Lipinski definition) is 5. The molecular weight excluding hydrogens is 520 g/mol. The van der Waals surface area contributed by atoms with E-state index in [-0.39, 0.29) is 25.7 Å². The summed E-state index contributed by atoms with van der Waals surface area (Å²) in [4.78, 5) is 38.0.